The third-order valence-electron chi connectivity index (χ3n) is 4.60. The van der Waals surface area contributed by atoms with Gasteiger partial charge in [-0.1, -0.05) is 65.7 Å². The lowest BCUT2D eigenvalue weighted by Crippen LogP contribution is -2.16. The molecule has 4 rings (SSSR count). The minimum atomic E-state index is -0.123. The zero-order valence-electron chi connectivity index (χ0n) is 16.4. The maximum Gasteiger partial charge on any atom is 0.234 e. The Morgan fingerprint density at radius 3 is 2.37 bits per heavy atom. The minimum absolute atomic E-state index is 0.123. The lowest BCUT2D eigenvalue weighted by atomic mass is 10.1. The zero-order chi connectivity index (χ0) is 20.9. The number of hydrogen-bond acceptors (Lipinski definition) is 4. The van der Waals surface area contributed by atoms with Gasteiger partial charge in [0.05, 0.1) is 38.6 Å². The van der Waals surface area contributed by atoms with E-state index in [0.29, 0.717) is 17.1 Å². The maximum absolute atomic E-state index is 12.5. The number of rotatable bonds is 4. The van der Waals surface area contributed by atoms with Crippen molar-refractivity contribution in [3.05, 3.63) is 88.9 Å². The third-order valence-corrected chi connectivity index (χ3v) is 5.91. The number of anilines is 1. The fourth-order valence-corrected chi connectivity index (χ4v) is 4.00. The molecule has 0 unspecified atom stereocenters. The number of nitrogens with zero attached hydrogens (tertiary/aromatic N) is 2. The molecule has 0 atom stereocenters. The molecule has 0 saturated heterocycles. The van der Waals surface area contributed by atoms with E-state index in [0.717, 1.165) is 27.7 Å². The molecule has 0 fully saturated rings. The Bertz CT molecular complexity index is 1140. The van der Waals surface area contributed by atoms with Crippen LogP contribution in [-0.2, 0) is 4.79 Å². The van der Waals surface area contributed by atoms with E-state index in [1.54, 1.807) is 12.1 Å². The summed E-state index contributed by atoms with van der Waals surface area (Å²) in [7, 11) is 0. The van der Waals surface area contributed by atoms with Crippen LogP contribution in [0.3, 0.4) is 0 Å². The van der Waals surface area contributed by atoms with E-state index in [9.17, 15) is 4.79 Å². The summed E-state index contributed by atoms with van der Waals surface area (Å²) in [6.07, 6.45) is 0.571. The van der Waals surface area contributed by atoms with Crippen molar-refractivity contribution in [2.24, 2.45) is 9.98 Å². The summed E-state index contributed by atoms with van der Waals surface area (Å²) in [6, 6.07) is 23.3. The summed E-state index contributed by atoms with van der Waals surface area (Å²) < 4.78 is 0. The first-order valence-electron chi connectivity index (χ1n) is 9.57. The van der Waals surface area contributed by atoms with Crippen molar-refractivity contribution >= 4 is 57.1 Å². The van der Waals surface area contributed by atoms with Crippen LogP contribution >= 0.6 is 23.4 Å². The predicted octanol–water partition coefficient (Wildman–Crippen LogP) is 6.57. The van der Waals surface area contributed by atoms with Crippen molar-refractivity contribution < 1.29 is 4.79 Å². The molecule has 150 valence electrons. The van der Waals surface area contributed by atoms with E-state index in [4.69, 9.17) is 21.6 Å². The SMILES string of the molecule is Cc1ccc(C2=Nc3ccccc3N=C(SCC(=O)Nc3ccccc3Cl)C2)cc1. The molecule has 0 spiro atoms. The normalized spacial score (nSPS) is 13.0. The number of amides is 1. The van der Waals surface area contributed by atoms with Gasteiger partial charge in [-0.05, 0) is 36.8 Å². The van der Waals surface area contributed by atoms with Crippen LogP contribution in [0.2, 0.25) is 5.02 Å². The monoisotopic (exact) mass is 433 g/mol. The van der Waals surface area contributed by atoms with Gasteiger partial charge in [0, 0.05) is 6.42 Å². The number of halogens is 1. The molecule has 1 aliphatic heterocycles. The van der Waals surface area contributed by atoms with Gasteiger partial charge in [0.25, 0.3) is 0 Å². The first-order chi connectivity index (χ1) is 14.6. The molecule has 0 radical (unpaired) electrons. The van der Waals surface area contributed by atoms with E-state index in [1.807, 2.05) is 36.4 Å². The highest BCUT2D eigenvalue weighted by Gasteiger charge is 2.17. The number of nitrogens with one attached hydrogen (secondary N) is 1. The van der Waals surface area contributed by atoms with Crippen LogP contribution in [0.4, 0.5) is 17.1 Å². The zero-order valence-corrected chi connectivity index (χ0v) is 18.0. The van der Waals surface area contributed by atoms with Crippen molar-refractivity contribution in [2.75, 3.05) is 11.1 Å². The summed E-state index contributed by atoms with van der Waals surface area (Å²) in [4.78, 5) is 22.1. The average Bonchev–Trinajstić information content (AvgIpc) is 2.94. The molecule has 1 amide bonds. The van der Waals surface area contributed by atoms with Crippen molar-refractivity contribution in [3.8, 4) is 0 Å². The summed E-state index contributed by atoms with van der Waals surface area (Å²) in [5.41, 5.74) is 5.47. The first-order valence-corrected chi connectivity index (χ1v) is 10.9. The second-order valence-corrected chi connectivity index (χ2v) is 8.37. The van der Waals surface area contributed by atoms with Crippen molar-refractivity contribution in [3.63, 3.8) is 0 Å². The van der Waals surface area contributed by atoms with E-state index in [1.165, 1.54) is 17.3 Å². The van der Waals surface area contributed by atoms with Crippen LogP contribution in [0.1, 0.15) is 17.5 Å². The number of carbonyl (C=O) groups is 1. The van der Waals surface area contributed by atoms with Crippen molar-refractivity contribution in [1.82, 2.24) is 0 Å². The molecule has 0 aromatic heterocycles. The summed E-state index contributed by atoms with van der Waals surface area (Å²) in [6.45, 7) is 2.06. The predicted molar refractivity (Wildman–Crippen MR) is 128 cm³/mol. The van der Waals surface area contributed by atoms with Gasteiger partial charge < -0.3 is 5.32 Å². The van der Waals surface area contributed by atoms with Crippen LogP contribution < -0.4 is 5.32 Å². The largest absolute Gasteiger partial charge is 0.324 e. The van der Waals surface area contributed by atoms with E-state index < -0.39 is 0 Å². The van der Waals surface area contributed by atoms with Crippen LogP contribution in [0.25, 0.3) is 0 Å². The molecule has 0 aliphatic carbocycles. The second kappa shape index (κ2) is 9.28. The molecule has 6 heteroatoms. The van der Waals surface area contributed by atoms with Crippen LogP contribution in [0.15, 0.2) is 82.8 Å². The van der Waals surface area contributed by atoms with E-state index >= 15 is 0 Å². The summed E-state index contributed by atoms with van der Waals surface area (Å²) >= 11 is 7.56. The van der Waals surface area contributed by atoms with Crippen LogP contribution in [0, 0.1) is 6.92 Å². The third kappa shape index (κ3) is 4.99. The Labute approximate surface area is 185 Å². The molecule has 1 N–H and O–H groups in total. The van der Waals surface area contributed by atoms with Gasteiger partial charge in [-0.2, -0.15) is 0 Å². The standard InChI is InChI=1S/C24H20ClN3OS/c1-16-10-12-17(13-11-16)22-14-24(28-21-9-5-4-8-20(21)26-22)30-15-23(29)27-19-7-3-2-6-18(19)25/h2-13H,14-15H2,1H3,(H,27,29). The van der Waals surface area contributed by atoms with Crippen molar-refractivity contribution in [1.29, 1.82) is 0 Å². The smallest absolute Gasteiger partial charge is 0.234 e. The second-order valence-electron chi connectivity index (χ2n) is 6.91. The molecule has 1 heterocycles. The Morgan fingerprint density at radius 1 is 0.967 bits per heavy atom. The molecular weight excluding hydrogens is 414 g/mol. The lowest BCUT2D eigenvalue weighted by molar-refractivity contribution is -0.113. The van der Waals surface area contributed by atoms with Gasteiger partial charge in [0.2, 0.25) is 5.91 Å². The van der Waals surface area contributed by atoms with Gasteiger partial charge in [-0.25, -0.2) is 4.99 Å². The quantitative estimate of drug-likeness (QED) is 0.505. The Morgan fingerprint density at radius 2 is 1.63 bits per heavy atom. The highest BCUT2D eigenvalue weighted by Crippen LogP contribution is 2.33. The number of thioether (sulfide) groups is 1. The maximum atomic E-state index is 12.5. The van der Waals surface area contributed by atoms with Crippen molar-refractivity contribution in [2.45, 2.75) is 13.3 Å². The number of aliphatic imine (C=N–C) groups is 2. The molecule has 3 aromatic rings. The molecule has 0 bridgehead atoms. The van der Waals surface area contributed by atoms with Gasteiger partial charge in [-0.3, -0.25) is 9.79 Å². The number of para-hydroxylation sites is 3. The molecule has 3 aromatic carbocycles. The lowest BCUT2D eigenvalue weighted by Gasteiger charge is -2.09. The first kappa shape index (κ1) is 20.4. The molecular formula is C24H20ClN3OS. The highest BCUT2D eigenvalue weighted by molar-refractivity contribution is 8.14. The fourth-order valence-electron chi connectivity index (χ4n) is 3.05. The number of fused-ring (bicyclic) bond motifs is 1. The molecule has 30 heavy (non-hydrogen) atoms. The van der Waals surface area contributed by atoms with Gasteiger partial charge in [0.1, 0.15) is 0 Å². The Balaban J connectivity index is 1.53. The molecule has 4 nitrogen and oxygen atoms in total. The topological polar surface area (TPSA) is 53.8 Å². The van der Waals surface area contributed by atoms with Crippen LogP contribution in [-0.4, -0.2) is 22.4 Å². The number of carbonyl (C=O) groups excluding carboxylic acids is 1. The molecule has 1 aliphatic rings. The minimum Gasteiger partial charge on any atom is -0.324 e. The number of hydrogen-bond donors (Lipinski definition) is 1. The Hall–Kier alpha value is -2.89. The van der Waals surface area contributed by atoms with E-state index in [2.05, 4.69) is 36.5 Å². The van der Waals surface area contributed by atoms with Gasteiger partial charge in [0.15, 0.2) is 0 Å². The fraction of sp³-hybridized carbons (Fsp3) is 0.125. The van der Waals surface area contributed by atoms with E-state index in [-0.39, 0.29) is 11.7 Å². The summed E-state index contributed by atoms with van der Waals surface area (Å²) in [5, 5.41) is 4.23. The molecule has 0 saturated carbocycles. The highest BCUT2D eigenvalue weighted by atomic mass is 35.5. The number of aryl methyl sites for hydroxylation is 1. The van der Waals surface area contributed by atoms with Gasteiger partial charge in [-0.15, -0.1) is 11.8 Å². The summed E-state index contributed by atoms with van der Waals surface area (Å²) in [5.74, 6) is 0.120. The van der Waals surface area contributed by atoms with Crippen LogP contribution in [0.5, 0.6) is 0 Å². The average molecular weight is 434 g/mol. The number of benzene rings is 3. The van der Waals surface area contributed by atoms with Gasteiger partial charge >= 0.3 is 0 Å². The Kier molecular flexibility index (Phi) is 6.31.